The summed E-state index contributed by atoms with van der Waals surface area (Å²) in [7, 11) is -3.50. The Kier molecular flexibility index (Phi) is 7.41. The van der Waals surface area contributed by atoms with Crippen LogP contribution >= 0.6 is 0 Å². The number of hydrogen-bond donors (Lipinski definition) is 1. The van der Waals surface area contributed by atoms with Gasteiger partial charge >= 0.3 is 12.1 Å². The number of hydrogen-bond acceptors (Lipinski definition) is 5. The van der Waals surface area contributed by atoms with Crippen molar-refractivity contribution in [2.24, 2.45) is 0 Å². The molecule has 1 aliphatic heterocycles. The first-order valence-corrected chi connectivity index (χ1v) is 10.1. The van der Waals surface area contributed by atoms with Crippen molar-refractivity contribution in [1.29, 1.82) is 0 Å². The molecule has 28 heavy (non-hydrogen) atoms. The van der Waals surface area contributed by atoms with E-state index in [0.717, 1.165) is 12.8 Å². The molecule has 1 aliphatic rings. The Morgan fingerprint density at radius 3 is 2.29 bits per heavy atom. The van der Waals surface area contributed by atoms with Gasteiger partial charge in [-0.2, -0.15) is 17.5 Å². The SMILES string of the molecule is O=C(COC(=O)CCc1ccc(S(=O)(=O)N2CCCC2)cc1)NCC(F)(F)F. The predicted octanol–water partition coefficient (Wildman–Crippen LogP) is 1.63. The molecule has 0 saturated carbocycles. The number of carbonyl (C=O) groups excluding carboxylic acids is 2. The number of carbonyl (C=O) groups is 2. The topological polar surface area (TPSA) is 92.8 Å². The van der Waals surface area contributed by atoms with Gasteiger partial charge in [-0.15, -0.1) is 0 Å². The lowest BCUT2D eigenvalue weighted by molar-refractivity contribution is -0.151. The van der Waals surface area contributed by atoms with E-state index in [-0.39, 0.29) is 17.7 Å². The molecule has 0 bridgehead atoms. The van der Waals surface area contributed by atoms with Crippen LogP contribution in [0.25, 0.3) is 0 Å². The number of sulfonamides is 1. The fourth-order valence-electron chi connectivity index (χ4n) is 2.62. The van der Waals surface area contributed by atoms with Crippen molar-refractivity contribution < 1.29 is 35.9 Å². The highest BCUT2D eigenvalue weighted by atomic mass is 32.2. The van der Waals surface area contributed by atoms with Gasteiger partial charge in [0.05, 0.1) is 4.90 Å². The molecule has 0 spiro atoms. The van der Waals surface area contributed by atoms with Gasteiger partial charge in [0.2, 0.25) is 10.0 Å². The van der Waals surface area contributed by atoms with Crippen LogP contribution in [0.5, 0.6) is 0 Å². The van der Waals surface area contributed by atoms with Crippen LogP contribution in [0.1, 0.15) is 24.8 Å². The first-order chi connectivity index (χ1) is 13.1. The van der Waals surface area contributed by atoms with Crippen LogP contribution in [0.4, 0.5) is 13.2 Å². The average molecular weight is 422 g/mol. The summed E-state index contributed by atoms with van der Waals surface area (Å²) in [6.45, 7) is -1.27. The molecule has 11 heteroatoms. The molecule has 1 N–H and O–H groups in total. The Balaban J connectivity index is 1.77. The Hall–Kier alpha value is -2.14. The number of nitrogens with one attached hydrogen (secondary N) is 1. The summed E-state index contributed by atoms with van der Waals surface area (Å²) < 4.78 is 66.7. The van der Waals surface area contributed by atoms with E-state index in [1.54, 1.807) is 17.4 Å². The fourth-order valence-corrected chi connectivity index (χ4v) is 4.14. The maximum Gasteiger partial charge on any atom is 0.405 e. The van der Waals surface area contributed by atoms with Gasteiger partial charge in [-0.1, -0.05) is 12.1 Å². The van der Waals surface area contributed by atoms with Gasteiger partial charge < -0.3 is 10.1 Å². The molecule has 0 aromatic heterocycles. The molecule has 0 unspecified atom stereocenters. The number of alkyl halides is 3. The Labute approximate surface area is 160 Å². The van der Waals surface area contributed by atoms with Crippen LogP contribution in [-0.4, -0.2) is 57.0 Å². The molecule has 7 nitrogen and oxygen atoms in total. The summed E-state index contributed by atoms with van der Waals surface area (Å²) in [4.78, 5) is 22.9. The Morgan fingerprint density at radius 1 is 1.11 bits per heavy atom. The molecule has 1 saturated heterocycles. The van der Waals surface area contributed by atoms with E-state index in [4.69, 9.17) is 0 Å². The van der Waals surface area contributed by atoms with Gasteiger partial charge in [0.25, 0.3) is 5.91 Å². The number of ether oxygens (including phenoxy) is 1. The first-order valence-electron chi connectivity index (χ1n) is 8.66. The minimum absolute atomic E-state index is 0.0925. The van der Waals surface area contributed by atoms with E-state index in [2.05, 4.69) is 4.74 Å². The zero-order valence-electron chi connectivity index (χ0n) is 15.0. The summed E-state index contributed by atoms with van der Waals surface area (Å²) >= 11 is 0. The second kappa shape index (κ2) is 9.37. The number of esters is 1. The minimum atomic E-state index is -4.53. The molecular weight excluding hydrogens is 401 g/mol. The Bertz CT molecular complexity index is 788. The maximum absolute atomic E-state index is 12.4. The van der Waals surface area contributed by atoms with Crippen LogP contribution in [-0.2, 0) is 30.8 Å². The number of aryl methyl sites for hydroxylation is 1. The zero-order valence-corrected chi connectivity index (χ0v) is 15.8. The molecule has 0 aliphatic carbocycles. The van der Waals surface area contributed by atoms with Crippen molar-refractivity contribution in [2.75, 3.05) is 26.2 Å². The van der Waals surface area contributed by atoms with Gasteiger partial charge in [-0.05, 0) is 37.0 Å². The second-order valence-corrected chi connectivity index (χ2v) is 8.25. The van der Waals surface area contributed by atoms with Crippen molar-refractivity contribution in [3.05, 3.63) is 29.8 Å². The largest absolute Gasteiger partial charge is 0.456 e. The highest BCUT2D eigenvalue weighted by Crippen LogP contribution is 2.21. The molecule has 1 fully saturated rings. The molecule has 1 aromatic carbocycles. The molecule has 1 heterocycles. The third-order valence-electron chi connectivity index (χ3n) is 4.09. The fraction of sp³-hybridized carbons (Fsp3) is 0.529. The van der Waals surface area contributed by atoms with Gasteiger partial charge in [-0.3, -0.25) is 9.59 Å². The van der Waals surface area contributed by atoms with E-state index >= 15 is 0 Å². The van der Waals surface area contributed by atoms with Gasteiger partial charge in [0, 0.05) is 19.5 Å². The van der Waals surface area contributed by atoms with Crippen LogP contribution in [0.15, 0.2) is 29.2 Å². The molecule has 0 atom stereocenters. The van der Waals surface area contributed by atoms with Crippen LogP contribution in [0.3, 0.4) is 0 Å². The monoisotopic (exact) mass is 422 g/mol. The molecule has 0 radical (unpaired) electrons. The van der Waals surface area contributed by atoms with E-state index < -0.39 is 41.2 Å². The van der Waals surface area contributed by atoms with E-state index in [1.165, 1.54) is 16.4 Å². The summed E-state index contributed by atoms with van der Waals surface area (Å²) in [5.41, 5.74) is 0.693. The summed E-state index contributed by atoms with van der Waals surface area (Å²) in [6.07, 6.45) is -2.70. The quantitative estimate of drug-likeness (QED) is 0.643. The number of rotatable bonds is 8. The number of amides is 1. The molecule has 156 valence electrons. The third-order valence-corrected chi connectivity index (χ3v) is 6.01. The average Bonchev–Trinajstić information content (AvgIpc) is 3.18. The van der Waals surface area contributed by atoms with Crippen LogP contribution in [0.2, 0.25) is 0 Å². The second-order valence-electron chi connectivity index (χ2n) is 6.31. The van der Waals surface area contributed by atoms with Crippen molar-refractivity contribution in [3.63, 3.8) is 0 Å². The predicted molar refractivity (Wildman–Crippen MR) is 92.8 cm³/mol. The molecule has 1 aromatic rings. The lowest BCUT2D eigenvalue weighted by Gasteiger charge is -2.15. The van der Waals surface area contributed by atoms with Crippen molar-refractivity contribution in [1.82, 2.24) is 9.62 Å². The lowest BCUT2D eigenvalue weighted by atomic mass is 10.1. The number of halogens is 3. The number of benzene rings is 1. The molecular formula is C17H21F3N2O5S. The van der Waals surface area contributed by atoms with Crippen molar-refractivity contribution >= 4 is 21.9 Å². The summed E-state index contributed by atoms with van der Waals surface area (Å²) in [5.74, 6) is -1.78. The van der Waals surface area contributed by atoms with E-state index in [9.17, 15) is 31.2 Å². The lowest BCUT2D eigenvalue weighted by Crippen LogP contribution is -2.36. The van der Waals surface area contributed by atoms with E-state index in [1.807, 2.05) is 0 Å². The molecule has 1 amide bonds. The van der Waals surface area contributed by atoms with Crippen LogP contribution < -0.4 is 5.32 Å². The van der Waals surface area contributed by atoms with Crippen molar-refractivity contribution in [2.45, 2.75) is 36.8 Å². The number of nitrogens with zero attached hydrogens (tertiary/aromatic N) is 1. The highest BCUT2D eigenvalue weighted by Gasteiger charge is 2.28. The zero-order chi connectivity index (χ0) is 20.8. The molecule has 2 rings (SSSR count). The summed E-state index contributed by atoms with van der Waals surface area (Å²) in [5, 5.41) is 1.59. The highest BCUT2D eigenvalue weighted by molar-refractivity contribution is 7.89. The smallest absolute Gasteiger partial charge is 0.405 e. The Morgan fingerprint density at radius 2 is 1.71 bits per heavy atom. The van der Waals surface area contributed by atoms with Gasteiger partial charge in [0.15, 0.2) is 6.61 Å². The first kappa shape index (κ1) is 22.2. The van der Waals surface area contributed by atoms with Crippen molar-refractivity contribution in [3.8, 4) is 0 Å². The van der Waals surface area contributed by atoms with E-state index in [0.29, 0.717) is 18.7 Å². The minimum Gasteiger partial charge on any atom is -0.456 e. The van der Waals surface area contributed by atoms with Gasteiger partial charge in [-0.25, -0.2) is 8.42 Å². The maximum atomic E-state index is 12.4. The summed E-state index contributed by atoms with van der Waals surface area (Å²) in [6, 6.07) is 6.12. The third kappa shape index (κ3) is 6.79. The van der Waals surface area contributed by atoms with Gasteiger partial charge in [0.1, 0.15) is 6.54 Å². The standard InChI is InChI=1S/C17H21F3N2O5S/c18-17(19,20)12-21-15(23)11-27-16(24)8-5-13-3-6-14(7-4-13)28(25,26)22-9-1-2-10-22/h3-4,6-7H,1-2,5,8-12H2,(H,21,23). The normalized spacial score (nSPS) is 15.4. The van der Waals surface area contributed by atoms with Crippen LogP contribution in [0, 0.1) is 0 Å².